The van der Waals surface area contributed by atoms with Crippen LogP contribution in [-0.4, -0.2) is 174 Å². The number of carbonyl (C=O) groups is 1. The van der Waals surface area contributed by atoms with Crippen LogP contribution in [0, 0.1) is 0 Å². The second-order valence-corrected chi connectivity index (χ2v) is 14.2. The third kappa shape index (κ3) is 37.6. The summed E-state index contributed by atoms with van der Waals surface area (Å²) in [4.78, 5) is 9.25. The van der Waals surface area contributed by atoms with Crippen LogP contribution in [0.4, 0.5) is 0 Å². The second-order valence-electron chi connectivity index (χ2n) is 14.2. The molecule has 324 valence electrons. The number of aliphatic hydroxyl groups excluding tert-OH is 2. The predicted molar refractivity (Wildman–Crippen MR) is 206 cm³/mol. The Kier molecular flexibility index (Phi) is 35.4. The smallest absolute Gasteiger partial charge is 0.327 e. The topological polar surface area (TPSA) is 179 Å². The van der Waals surface area contributed by atoms with E-state index in [-0.39, 0.29) is 73.8 Å². The van der Waals surface area contributed by atoms with Crippen LogP contribution in [0.5, 0.6) is 0 Å². The highest BCUT2D eigenvalue weighted by atomic mass is 16.6. The number of ether oxygens (including phenoxy) is 11. The first kappa shape index (κ1) is 54.8. The van der Waals surface area contributed by atoms with Crippen molar-refractivity contribution in [3.05, 3.63) is 12.7 Å². The molecule has 0 spiro atoms. The van der Waals surface area contributed by atoms with E-state index in [1.165, 1.54) is 0 Å². The fraction of sp³-hybridized carbons (Fsp3) is 0.923. The van der Waals surface area contributed by atoms with Gasteiger partial charge in [-0.2, -0.15) is 0 Å². The standard InChI is InChI=1S/C36H74O13.C3H4O2/c1-25(38)14-39-27(3)16-41-29(5)18-43-31(7)20-45-33(9)22-47-35(11)24-49-36(12)23-48-34(10)21-46-32(8)19-44-30(6)17-42-28(4)15-40-26(2)13-37;1-2-3(4)5/h25-38H,13-24H2,1-12H3;2H,1H2,(H,4,5). The molecule has 0 saturated carbocycles. The lowest BCUT2D eigenvalue weighted by Gasteiger charge is -2.23. The zero-order valence-corrected chi connectivity index (χ0v) is 35.4. The van der Waals surface area contributed by atoms with Gasteiger partial charge >= 0.3 is 5.97 Å². The van der Waals surface area contributed by atoms with Gasteiger partial charge in [-0.3, -0.25) is 0 Å². The molecule has 0 aliphatic heterocycles. The van der Waals surface area contributed by atoms with Crippen molar-refractivity contribution in [3.8, 4) is 0 Å². The maximum absolute atomic E-state index is 9.30. The van der Waals surface area contributed by atoms with Gasteiger partial charge in [-0.25, -0.2) is 4.79 Å². The Morgan fingerprint density at radius 3 is 0.685 bits per heavy atom. The first-order valence-corrected chi connectivity index (χ1v) is 19.3. The van der Waals surface area contributed by atoms with E-state index < -0.39 is 12.1 Å². The van der Waals surface area contributed by atoms with Crippen molar-refractivity contribution >= 4 is 5.97 Å². The summed E-state index contributed by atoms with van der Waals surface area (Å²) in [7, 11) is 0. The highest BCUT2D eigenvalue weighted by Crippen LogP contribution is 2.07. The third-order valence-electron chi connectivity index (χ3n) is 7.21. The molecular weight excluding hydrogens is 708 g/mol. The molecule has 0 heterocycles. The fourth-order valence-corrected chi connectivity index (χ4v) is 3.84. The van der Waals surface area contributed by atoms with Gasteiger partial charge in [0, 0.05) is 6.08 Å². The molecule has 0 aromatic heterocycles. The summed E-state index contributed by atoms with van der Waals surface area (Å²) in [6, 6.07) is 0. The van der Waals surface area contributed by atoms with E-state index >= 15 is 0 Å². The maximum Gasteiger partial charge on any atom is 0.327 e. The lowest BCUT2D eigenvalue weighted by Crippen LogP contribution is -2.31. The van der Waals surface area contributed by atoms with E-state index in [0.29, 0.717) is 72.7 Å². The molecule has 12 atom stereocenters. The van der Waals surface area contributed by atoms with Crippen LogP contribution >= 0.6 is 0 Å². The molecule has 15 nitrogen and oxygen atoms in total. The SMILES string of the molecule is C=CC(=O)O.CC(O)COC(C)COC(C)COC(C)COC(C)COC(C)COC(C)COC(C)COC(C)COC(C)COC(C)COC(C)CO. The summed E-state index contributed by atoms with van der Waals surface area (Å²) in [6.45, 7) is 30.9. The van der Waals surface area contributed by atoms with Gasteiger partial charge in [-0.05, 0) is 83.1 Å². The Morgan fingerprint density at radius 2 is 0.556 bits per heavy atom. The molecular formula is C39H78O15. The van der Waals surface area contributed by atoms with Crippen molar-refractivity contribution in [1.82, 2.24) is 0 Å². The second kappa shape index (κ2) is 34.9. The van der Waals surface area contributed by atoms with E-state index in [0.717, 1.165) is 6.08 Å². The normalized spacial score (nSPS) is 18.5. The molecule has 0 aromatic rings. The molecule has 0 radical (unpaired) electrons. The van der Waals surface area contributed by atoms with Gasteiger partial charge < -0.3 is 67.4 Å². The summed E-state index contributed by atoms with van der Waals surface area (Å²) in [5.74, 6) is -0.981. The van der Waals surface area contributed by atoms with E-state index in [2.05, 4.69) is 6.58 Å². The molecule has 0 bridgehead atoms. The summed E-state index contributed by atoms with van der Waals surface area (Å²) in [5, 5.41) is 25.9. The van der Waals surface area contributed by atoms with Crippen LogP contribution in [0.25, 0.3) is 0 Å². The van der Waals surface area contributed by atoms with Crippen molar-refractivity contribution in [3.63, 3.8) is 0 Å². The predicted octanol–water partition coefficient (Wildman–Crippen LogP) is 4.07. The summed E-state index contributed by atoms with van der Waals surface area (Å²) in [6.07, 6.45) is -0.703. The molecule has 0 aromatic carbocycles. The van der Waals surface area contributed by atoms with Crippen molar-refractivity contribution in [2.24, 2.45) is 0 Å². The first-order chi connectivity index (χ1) is 25.4. The van der Waals surface area contributed by atoms with Crippen molar-refractivity contribution in [1.29, 1.82) is 0 Å². The largest absolute Gasteiger partial charge is 0.478 e. The van der Waals surface area contributed by atoms with Crippen LogP contribution in [0.1, 0.15) is 83.1 Å². The number of aliphatic carboxylic acids is 1. The maximum atomic E-state index is 9.30. The Hall–Kier alpha value is -1.31. The molecule has 0 rings (SSSR count). The van der Waals surface area contributed by atoms with E-state index in [1.54, 1.807) is 6.92 Å². The molecule has 0 aliphatic carbocycles. The highest BCUT2D eigenvalue weighted by molar-refractivity contribution is 5.78. The lowest BCUT2D eigenvalue weighted by molar-refractivity contribution is -0.131. The number of hydrogen-bond donors (Lipinski definition) is 3. The number of hydrogen-bond acceptors (Lipinski definition) is 14. The molecule has 3 N–H and O–H groups in total. The van der Waals surface area contributed by atoms with E-state index in [4.69, 9.17) is 62.3 Å². The average Bonchev–Trinajstić information content (AvgIpc) is 3.14. The molecule has 12 unspecified atom stereocenters. The van der Waals surface area contributed by atoms with Gasteiger partial charge in [-0.15, -0.1) is 0 Å². The van der Waals surface area contributed by atoms with E-state index in [1.807, 2.05) is 76.2 Å². The van der Waals surface area contributed by atoms with Crippen LogP contribution in [-0.2, 0) is 56.9 Å². The molecule has 15 heteroatoms. The quantitative estimate of drug-likeness (QED) is 0.0783. The molecule has 0 amide bonds. The van der Waals surface area contributed by atoms with Crippen LogP contribution in [0.2, 0.25) is 0 Å². The fourth-order valence-electron chi connectivity index (χ4n) is 3.84. The molecule has 0 saturated heterocycles. The average molecular weight is 787 g/mol. The monoisotopic (exact) mass is 787 g/mol. The van der Waals surface area contributed by atoms with Crippen molar-refractivity contribution in [2.75, 3.05) is 79.3 Å². The van der Waals surface area contributed by atoms with Gasteiger partial charge in [0.2, 0.25) is 0 Å². The number of aliphatic hydroxyl groups is 2. The van der Waals surface area contributed by atoms with Gasteiger partial charge in [0.25, 0.3) is 0 Å². The highest BCUT2D eigenvalue weighted by Gasteiger charge is 2.16. The van der Waals surface area contributed by atoms with Crippen LogP contribution < -0.4 is 0 Å². The zero-order chi connectivity index (χ0) is 41.5. The van der Waals surface area contributed by atoms with Crippen LogP contribution in [0.15, 0.2) is 12.7 Å². The summed E-state index contributed by atoms with van der Waals surface area (Å²) < 4.78 is 63.8. The van der Waals surface area contributed by atoms with E-state index in [9.17, 15) is 9.90 Å². The van der Waals surface area contributed by atoms with Crippen molar-refractivity contribution < 1.29 is 72.2 Å². The molecule has 0 aliphatic rings. The molecule has 54 heavy (non-hydrogen) atoms. The van der Waals surface area contributed by atoms with Gasteiger partial charge in [0.1, 0.15) is 0 Å². The minimum atomic E-state index is -0.981. The van der Waals surface area contributed by atoms with Gasteiger partial charge in [0.05, 0.1) is 153 Å². The summed E-state index contributed by atoms with van der Waals surface area (Å²) in [5.41, 5.74) is 0. The Balaban J connectivity index is 0. The minimum Gasteiger partial charge on any atom is -0.478 e. The van der Waals surface area contributed by atoms with Gasteiger partial charge in [0.15, 0.2) is 0 Å². The number of rotatable bonds is 35. The van der Waals surface area contributed by atoms with Crippen LogP contribution in [0.3, 0.4) is 0 Å². The molecule has 0 fully saturated rings. The number of carboxylic acids is 1. The summed E-state index contributed by atoms with van der Waals surface area (Å²) >= 11 is 0. The zero-order valence-electron chi connectivity index (χ0n) is 35.4. The number of carboxylic acid groups (broad SMARTS) is 1. The van der Waals surface area contributed by atoms with Crippen molar-refractivity contribution in [2.45, 2.75) is 156 Å². The lowest BCUT2D eigenvalue weighted by atomic mass is 10.3. The Bertz CT molecular complexity index is 866. The third-order valence-corrected chi connectivity index (χ3v) is 7.21. The minimum absolute atomic E-state index is 0.00643. The Morgan fingerprint density at radius 1 is 0.407 bits per heavy atom. The van der Waals surface area contributed by atoms with Gasteiger partial charge in [-0.1, -0.05) is 6.58 Å². The Labute approximate surface area is 326 Å². The first-order valence-electron chi connectivity index (χ1n) is 19.3.